The molecular formula is C16H28O2. The number of unbranched alkanes of at least 4 members (excludes halogenated alkanes) is 1. The van der Waals surface area contributed by atoms with Gasteiger partial charge in [-0.1, -0.05) is 45.6 Å². The number of ether oxygens (including phenoxy) is 1. The smallest absolute Gasteiger partial charge is 0.333 e. The minimum atomic E-state index is -0.240. The molecule has 0 aromatic carbocycles. The molecule has 0 spiro atoms. The molecule has 1 aliphatic rings. The van der Waals surface area contributed by atoms with Crippen molar-refractivity contribution >= 4 is 5.97 Å². The molecule has 104 valence electrons. The molecular weight excluding hydrogens is 224 g/mol. The summed E-state index contributed by atoms with van der Waals surface area (Å²) in [5.41, 5.74) is 0.499. The molecule has 2 nitrogen and oxygen atoms in total. The molecule has 0 aromatic heterocycles. The van der Waals surface area contributed by atoms with Gasteiger partial charge in [0.2, 0.25) is 0 Å². The van der Waals surface area contributed by atoms with Crippen LogP contribution in [0.3, 0.4) is 0 Å². The molecule has 1 saturated carbocycles. The fourth-order valence-corrected chi connectivity index (χ4v) is 2.80. The summed E-state index contributed by atoms with van der Waals surface area (Å²) in [7, 11) is 0. The number of carbonyl (C=O) groups is 1. The van der Waals surface area contributed by atoms with Crippen molar-refractivity contribution in [3.05, 3.63) is 12.2 Å². The molecule has 0 N–H and O–H groups in total. The van der Waals surface area contributed by atoms with Gasteiger partial charge < -0.3 is 4.74 Å². The third kappa shape index (κ3) is 4.83. The van der Waals surface area contributed by atoms with Gasteiger partial charge in [0.15, 0.2) is 0 Å². The lowest BCUT2D eigenvalue weighted by atomic mass is 9.78. The molecule has 1 fully saturated rings. The van der Waals surface area contributed by atoms with Crippen molar-refractivity contribution in [2.75, 3.05) is 0 Å². The highest BCUT2D eigenvalue weighted by Crippen LogP contribution is 2.34. The third-order valence-electron chi connectivity index (χ3n) is 4.16. The Morgan fingerprint density at radius 3 is 2.44 bits per heavy atom. The summed E-state index contributed by atoms with van der Waals surface area (Å²) in [6.45, 7) is 9.61. The first kappa shape index (κ1) is 15.3. The van der Waals surface area contributed by atoms with Crippen LogP contribution >= 0.6 is 0 Å². The lowest BCUT2D eigenvalue weighted by Gasteiger charge is -2.32. The molecule has 0 aliphatic heterocycles. The number of rotatable bonds is 6. The van der Waals surface area contributed by atoms with Crippen molar-refractivity contribution in [3.63, 3.8) is 0 Å². The van der Waals surface area contributed by atoms with E-state index in [9.17, 15) is 4.79 Å². The summed E-state index contributed by atoms with van der Waals surface area (Å²) in [6.07, 6.45) is 9.10. The zero-order valence-corrected chi connectivity index (χ0v) is 12.2. The Bertz CT molecular complexity index is 275. The minimum Gasteiger partial charge on any atom is -0.459 e. The van der Waals surface area contributed by atoms with E-state index in [0.29, 0.717) is 11.5 Å². The highest BCUT2D eigenvalue weighted by atomic mass is 16.5. The first-order chi connectivity index (χ1) is 8.54. The van der Waals surface area contributed by atoms with E-state index in [1.54, 1.807) is 6.92 Å². The highest BCUT2D eigenvalue weighted by molar-refractivity contribution is 5.87. The Morgan fingerprint density at radius 2 is 1.94 bits per heavy atom. The molecule has 2 heteroatoms. The maximum absolute atomic E-state index is 11.5. The predicted octanol–water partition coefficient (Wildman–Crippen LogP) is 4.49. The van der Waals surface area contributed by atoms with E-state index >= 15 is 0 Å². The molecule has 1 atom stereocenters. The first-order valence-corrected chi connectivity index (χ1v) is 7.41. The molecule has 0 bridgehead atoms. The fraction of sp³-hybridized carbons (Fsp3) is 0.812. The van der Waals surface area contributed by atoms with Gasteiger partial charge in [0.1, 0.15) is 6.10 Å². The van der Waals surface area contributed by atoms with Gasteiger partial charge >= 0.3 is 5.97 Å². The van der Waals surface area contributed by atoms with E-state index in [1.165, 1.54) is 44.9 Å². The van der Waals surface area contributed by atoms with Gasteiger partial charge in [-0.2, -0.15) is 0 Å². The van der Waals surface area contributed by atoms with Crippen molar-refractivity contribution in [1.82, 2.24) is 0 Å². The lowest BCUT2D eigenvalue weighted by molar-refractivity contribution is -0.146. The van der Waals surface area contributed by atoms with Crippen molar-refractivity contribution < 1.29 is 9.53 Å². The Labute approximate surface area is 112 Å². The van der Waals surface area contributed by atoms with Crippen LogP contribution < -0.4 is 0 Å². The number of hydrogen-bond donors (Lipinski definition) is 0. The first-order valence-electron chi connectivity index (χ1n) is 7.41. The van der Waals surface area contributed by atoms with Crippen molar-refractivity contribution in [2.24, 2.45) is 11.8 Å². The average Bonchev–Trinajstić information content (AvgIpc) is 2.36. The van der Waals surface area contributed by atoms with Crippen LogP contribution in [0.4, 0.5) is 0 Å². The Morgan fingerprint density at radius 1 is 1.33 bits per heavy atom. The van der Waals surface area contributed by atoms with E-state index < -0.39 is 0 Å². The van der Waals surface area contributed by atoms with Gasteiger partial charge in [-0.15, -0.1) is 0 Å². The second kappa shape index (κ2) is 7.60. The van der Waals surface area contributed by atoms with Crippen LogP contribution in [0.1, 0.15) is 65.7 Å². The predicted molar refractivity (Wildman–Crippen MR) is 75.3 cm³/mol. The molecule has 0 radical (unpaired) electrons. The molecule has 0 amide bonds. The van der Waals surface area contributed by atoms with Crippen LogP contribution in [0.5, 0.6) is 0 Å². The van der Waals surface area contributed by atoms with Gasteiger partial charge in [-0.25, -0.2) is 4.79 Å². The SMILES string of the molecule is C=C(C)C(=O)OC(C)C1CCC(CCCC)CC1. The fourth-order valence-electron chi connectivity index (χ4n) is 2.80. The summed E-state index contributed by atoms with van der Waals surface area (Å²) in [6, 6.07) is 0. The number of esters is 1. The van der Waals surface area contributed by atoms with Crippen LogP contribution in [0.2, 0.25) is 0 Å². The summed E-state index contributed by atoms with van der Waals surface area (Å²) in [5.74, 6) is 1.21. The van der Waals surface area contributed by atoms with Crippen LogP contribution in [0.25, 0.3) is 0 Å². The highest BCUT2D eigenvalue weighted by Gasteiger charge is 2.27. The van der Waals surface area contributed by atoms with Crippen LogP contribution in [-0.2, 0) is 9.53 Å². The topological polar surface area (TPSA) is 26.3 Å². The van der Waals surface area contributed by atoms with E-state index in [1.807, 2.05) is 6.92 Å². The zero-order valence-electron chi connectivity index (χ0n) is 12.2. The van der Waals surface area contributed by atoms with Crippen molar-refractivity contribution in [2.45, 2.75) is 71.8 Å². The standard InChI is InChI=1S/C16H28O2/c1-5-6-7-14-8-10-15(11-9-14)13(4)18-16(17)12(2)3/h13-15H,2,5-11H2,1,3-4H3. The molecule has 18 heavy (non-hydrogen) atoms. The summed E-state index contributed by atoms with van der Waals surface area (Å²) in [5, 5.41) is 0. The van der Waals surface area contributed by atoms with E-state index in [2.05, 4.69) is 13.5 Å². The molecule has 1 unspecified atom stereocenters. The summed E-state index contributed by atoms with van der Waals surface area (Å²) in [4.78, 5) is 11.5. The minimum absolute atomic E-state index is 0.0429. The quantitative estimate of drug-likeness (QED) is 0.514. The Hall–Kier alpha value is -0.790. The van der Waals surface area contributed by atoms with Crippen LogP contribution in [0.15, 0.2) is 12.2 Å². The van der Waals surface area contributed by atoms with Crippen LogP contribution in [0, 0.1) is 11.8 Å². The van der Waals surface area contributed by atoms with Gasteiger partial charge in [-0.3, -0.25) is 0 Å². The van der Waals surface area contributed by atoms with E-state index in [0.717, 1.165) is 5.92 Å². The van der Waals surface area contributed by atoms with Crippen molar-refractivity contribution in [3.8, 4) is 0 Å². The van der Waals surface area contributed by atoms with Gasteiger partial charge in [-0.05, 0) is 38.5 Å². The second-order valence-electron chi connectivity index (χ2n) is 5.81. The Balaban J connectivity index is 2.29. The number of hydrogen-bond acceptors (Lipinski definition) is 2. The lowest BCUT2D eigenvalue weighted by Crippen LogP contribution is -2.28. The molecule has 0 saturated heterocycles. The average molecular weight is 252 g/mol. The number of carbonyl (C=O) groups excluding carboxylic acids is 1. The molecule has 1 rings (SSSR count). The van der Waals surface area contributed by atoms with E-state index in [-0.39, 0.29) is 12.1 Å². The van der Waals surface area contributed by atoms with Gasteiger partial charge in [0.05, 0.1) is 0 Å². The van der Waals surface area contributed by atoms with Crippen LogP contribution in [-0.4, -0.2) is 12.1 Å². The molecule has 0 aromatic rings. The molecule has 1 aliphatic carbocycles. The molecule has 0 heterocycles. The monoisotopic (exact) mass is 252 g/mol. The largest absolute Gasteiger partial charge is 0.459 e. The third-order valence-corrected chi connectivity index (χ3v) is 4.16. The van der Waals surface area contributed by atoms with Crippen molar-refractivity contribution in [1.29, 1.82) is 0 Å². The normalized spacial score (nSPS) is 25.5. The summed E-state index contributed by atoms with van der Waals surface area (Å²) >= 11 is 0. The van der Waals surface area contributed by atoms with E-state index in [4.69, 9.17) is 4.74 Å². The summed E-state index contributed by atoms with van der Waals surface area (Å²) < 4.78 is 5.43. The maximum atomic E-state index is 11.5. The van der Waals surface area contributed by atoms with Gasteiger partial charge in [0, 0.05) is 5.57 Å². The zero-order chi connectivity index (χ0) is 13.5. The van der Waals surface area contributed by atoms with Gasteiger partial charge in [0.25, 0.3) is 0 Å². The maximum Gasteiger partial charge on any atom is 0.333 e. The Kier molecular flexibility index (Phi) is 6.45. The second-order valence-corrected chi connectivity index (χ2v) is 5.81.